The number of aromatic amines is 1. The number of thiophene rings is 1. The van der Waals surface area contributed by atoms with E-state index < -0.39 is 12.0 Å². The van der Waals surface area contributed by atoms with Crippen LogP contribution in [0, 0.1) is 0 Å². The van der Waals surface area contributed by atoms with Gasteiger partial charge in [0.15, 0.2) is 6.10 Å². The van der Waals surface area contributed by atoms with Gasteiger partial charge in [0, 0.05) is 15.9 Å². The molecule has 5 rings (SSSR count). The van der Waals surface area contributed by atoms with Gasteiger partial charge in [0.05, 0.1) is 23.2 Å². The van der Waals surface area contributed by atoms with Gasteiger partial charge >= 0.3 is 0 Å². The van der Waals surface area contributed by atoms with Gasteiger partial charge in [-0.15, -0.1) is 11.3 Å². The standard InChI is InChI=1S/C26H28BrN3O3S/c1-15(2)17-12-21(34-14-17)26(8-9-26)25-28-20-7-4-10-30(13-19(20)23(32)29-25)24(33)22(31)16-5-3-6-18(27)11-16/h3,5-6,11-12,14-15,22,31H,4,7-10,13H2,1-2H3,(H,28,29,32). The molecule has 1 amide bonds. The molecule has 6 nitrogen and oxygen atoms in total. The molecule has 34 heavy (non-hydrogen) atoms. The highest BCUT2D eigenvalue weighted by molar-refractivity contribution is 9.10. The van der Waals surface area contributed by atoms with Crippen molar-refractivity contribution in [3.05, 3.63) is 83.6 Å². The zero-order chi connectivity index (χ0) is 24.0. The molecule has 1 saturated carbocycles. The number of H-pyrrole nitrogens is 1. The number of benzene rings is 1. The minimum atomic E-state index is -1.27. The Bertz CT molecular complexity index is 1290. The number of aliphatic hydroxyl groups excluding tert-OH is 1. The molecule has 178 valence electrons. The number of amides is 1. The first-order chi connectivity index (χ1) is 16.3. The Kier molecular flexibility index (Phi) is 6.25. The first kappa shape index (κ1) is 23.5. The summed E-state index contributed by atoms with van der Waals surface area (Å²) in [5, 5.41) is 12.9. The molecule has 1 aliphatic heterocycles. The van der Waals surface area contributed by atoms with Crippen molar-refractivity contribution in [1.82, 2.24) is 14.9 Å². The number of nitrogens with zero attached hydrogens (tertiary/aromatic N) is 2. The van der Waals surface area contributed by atoms with Gasteiger partial charge in [0.25, 0.3) is 11.5 Å². The van der Waals surface area contributed by atoms with Gasteiger partial charge < -0.3 is 15.0 Å². The molecular formula is C26H28BrN3O3S. The van der Waals surface area contributed by atoms with Crippen molar-refractivity contribution in [3.8, 4) is 0 Å². The van der Waals surface area contributed by atoms with Crippen molar-refractivity contribution in [1.29, 1.82) is 0 Å². The Morgan fingerprint density at radius 3 is 2.74 bits per heavy atom. The van der Waals surface area contributed by atoms with Crippen LogP contribution in [-0.4, -0.2) is 32.4 Å². The van der Waals surface area contributed by atoms with E-state index in [-0.39, 0.29) is 17.5 Å². The zero-order valence-electron chi connectivity index (χ0n) is 19.3. The molecule has 0 saturated heterocycles. The molecule has 1 atom stereocenters. The average Bonchev–Trinajstić information content (AvgIpc) is 3.52. The van der Waals surface area contributed by atoms with Crippen LogP contribution in [0.2, 0.25) is 0 Å². The molecule has 1 aliphatic carbocycles. The van der Waals surface area contributed by atoms with Gasteiger partial charge in [-0.1, -0.05) is 41.9 Å². The van der Waals surface area contributed by atoms with E-state index >= 15 is 0 Å². The largest absolute Gasteiger partial charge is 0.378 e. The van der Waals surface area contributed by atoms with E-state index in [2.05, 4.69) is 46.2 Å². The van der Waals surface area contributed by atoms with E-state index in [0.29, 0.717) is 36.4 Å². The highest BCUT2D eigenvalue weighted by atomic mass is 79.9. The molecule has 2 N–H and O–H groups in total. The fourth-order valence-electron chi connectivity index (χ4n) is 4.66. The van der Waals surface area contributed by atoms with Crippen molar-refractivity contribution >= 4 is 33.2 Å². The second kappa shape index (κ2) is 9.06. The first-order valence-electron chi connectivity index (χ1n) is 11.7. The lowest BCUT2D eigenvalue weighted by molar-refractivity contribution is -0.141. The predicted octanol–water partition coefficient (Wildman–Crippen LogP) is 4.81. The normalized spacial score (nSPS) is 17.9. The Morgan fingerprint density at radius 2 is 2.06 bits per heavy atom. The molecular weight excluding hydrogens is 514 g/mol. The average molecular weight is 542 g/mol. The van der Waals surface area contributed by atoms with Gasteiger partial charge in [0.2, 0.25) is 0 Å². The minimum absolute atomic E-state index is 0.158. The summed E-state index contributed by atoms with van der Waals surface area (Å²) >= 11 is 5.13. The molecule has 0 radical (unpaired) electrons. The van der Waals surface area contributed by atoms with E-state index in [1.807, 2.05) is 6.07 Å². The number of carbonyl (C=O) groups excluding carboxylic acids is 1. The van der Waals surface area contributed by atoms with E-state index in [9.17, 15) is 14.7 Å². The van der Waals surface area contributed by atoms with Crippen LogP contribution in [-0.2, 0) is 23.2 Å². The number of fused-ring (bicyclic) bond motifs is 1. The summed E-state index contributed by atoms with van der Waals surface area (Å²) in [7, 11) is 0. The number of hydrogen-bond acceptors (Lipinski definition) is 5. The van der Waals surface area contributed by atoms with Crippen LogP contribution >= 0.6 is 27.3 Å². The van der Waals surface area contributed by atoms with Crippen molar-refractivity contribution in [2.75, 3.05) is 6.54 Å². The summed E-state index contributed by atoms with van der Waals surface area (Å²) in [4.78, 5) is 37.2. The van der Waals surface area contributed by atoms with Crippen LogP contribution in [0.25, 0.3) is 0 Å². The van der Waals surface area contributed by atoms with Crippen molar-refractivity contribution in [2.45, 2.75) is 63.5 Å². The summed E-state index contributed by atoms with van der Waals surface area (Å²) in [5.74, 6) is 0.825. The fraction of sp³-hybridized carbons (Fsp3) is 0.423. The van der Waals surface area contributed by atoms with E-state index in [0.717, 1.165) is 28.8 Å². The number of hydrogen-bond donors (Lipinski definition) is 2. The number of nitrogens with one attached hydrogen (secondary N) is 1. The first-order valence-corrected chi connectivity index (χ1v) is 13.4. The second-order valence-corrected chi connectivity index (χ2v) is 11.5. The molecule has 3 aromatic rings. The molecule has 1 aromatic carbocycles. The van der Waals surface area contributed by atoms with Gasteiger partial charge in [0.1, 0.15) is 5.82 Å². The maximum absolute atomic E-state index is 13.2. The zero-order valence-corrected chi connectivity index (χ0v) is 21.7. The van der Waals surface area contributed by atoms with Gasteiger partial charge in [-0.25, -0.2) is 4.98 Å². The van der Waals surface area contributed by atoms with Gasteiger partial charge in [-0.3, -0.25) is 9.59 Å². The van der Waals surface area contributed by atoms with Crippen LogP contribution in [0.1, 0.15) is 78.2 Å². The molecule has 2 aliphatic rings. The number of halogens is 1. The SMILES string of the molecule is CC(C)c1csc(C2(c3nc4c(c(=O)[nH]3)CN(C(=O)C(O)c3cccc(Br)c3)CCC4)CC2)c1. The second-order valence-electron chi connectivity index (χ2n) is 9.64. The molecule has 1 unspecified atom stereocenters. The molecule has 1 fully saturated rings. The van der Waals surface area contributed by atoms with Crippen molar-refractivity contribution in [3.63, 3.8) is 0 Å². The topological polar surface area (TPSA) is 86.3 Å². The third-order valence-electron chi connectivity index (χ3n) is 6.96. The van der Waals surface area contributed by atoms with E-state index in [1.54, 1.807) is 34.4 Å². The Balaban J connectivity index is 1.42. The number of aliphatic hydroxyl groups is 1. The number of aryl methyl sites for hydroxylation is 1. The summed E-state index contributed by atoms with van der Waals surface area (Å²) in [6.45, 7) is 5.01. The third-order valence-corrected chi connectivity index (χ3v) is 8.61. The highest BCUT2D eigenvalue weighted by Crippen LogP contribution is 2.54. The van der Waals surface area contributed by atoms with Gasteiger partial charge in [-0.2, -0.15) is 0 Å². The summed E-state index contributed by atoms with van der Waals surface area (Å²) in [5.41, 5.74) is 2.78. The lowest BCUT2D eigenvalue weighted by atomic mass is 9.99. The predicted molar refractivity (Wildman–Crippen MR) is 136 cm³/mol. The number of carbonyl (C=O) groups is 1. The van der Waals surface area contributed by atoms with Crippen LogP contribution in [0.4, 0.5) is 0 Å². The number of aromatic nitrogens is 2. The smallest absolute Gasteiger partial charge is 0.256 e. The lowest BCUT2D eigenvalue weighted by Crippen LogP contribution is -2.36. The van der Waals surface area contributed by atoms with Crippen molar-refractivity contribution in [2.24, 2.45) is 0 Å². The Hall–Kier alpha value is -2.29. The molecule has 8 heteroatoms. The maximum atomic E-state index is 13.2. The third kappa shape index (κ3) is 4.27. The van der Waals surface area contributed by atoms with Crippen LogP contribution in [0.5, 0.6) is 0 Å². The summed E-state index contributed by atoms with van der Waals surface area (Å²) < 4.78 is 0.798. The van der Waals surface area contributed by atoms with E-state index in [1.165, 1.54) is 10.4 Å². The van der Waals surface area contributed by atoms with Crippen LogP contribution in [0.3, 0.4) is 0 Å². The van der Waals surface area contributed by atoms with E-state index in [4.69, 9.17) is 4.98 Å². The quantitative estimate of drug-likeness (QED) is 0.485. The summed E-state index contributed by atoms with van der Waals surface area (Å²) in [6.07, 6.45) is 2.03. The Morgan fingerprint density at radius 1 is 1.26 bits per heavy atom. The maximum Gasteiger partial charge on any atom is 0.256 e. The highest BCUT2D eigenvalue weighted by Gasteiger charge is 2.50. The fourth-order valence-corrected chi connectivity index (χ4v) is 6.41. The summed E-state index contributed by atoms with van der Waals surface area (Å²) in [6, 6.07) is 9.36. The number of rotatable bonds is 5. The monoisotopic (exact) mass is 541 g/mol. The lowest BCUT2D eigenvalue weighted by Gasteiger charge is -2.24. The van der Waals surface area contributed by atoms with Crippen molar-refractivity contribution < 1.29 is 9.90 Å². The molecule has 2 aromatic heterocycles. The van der Waals surface area contributed by atoms with Gasteiger partial charge in [-0.05, 0) is 66.3 Å². The van der Waals surface area contributed by atoms with Crippen LogP contribution < -0.4 is 5.56 Å². The Labute approximate surface area is 211 Å². The minimum Gasteiger partial charge on any atom is -0.378 e. The molecule has 0 spiro atoms. The van der Waals surface area contributed by atoms with Crippen LogP contribution in [0.15, 0.2) is 45.0 Å². The molecule has 0 bridgehead atoms. The molecule has 3 heterocycles.